The van der Waals surface area contributed by atoms with Gasteiger partial charge in [-0.2, -0.15) is 9.31 Å². The van der Waals surface area contributed by atoms with Crippen LogP contribution in [0.5, 0.6) is 0 Å². The molecule has 128 valence electrons. The Bertz CT molecular complexity index is 843. The van der Waals surface area contributed by atoms with Gasteiger partial charge in [-0.1, -0.05) is 0 Å². The summed E-state index contributed by atoms with van der Waals surface area (Å²) < 4.78 is 29.3. The highest BCUT2D eigenvalue weighted by atomic mass is 32.2. The summed E-state index contributed by atoms with van der Waals surface area (Å²) in [6, 6.07) is 3.22. The van der Waals surface area contributed by atoms with Gasteiger partial charge in [0.2, 0.25) is 15.3 Å². The van der Waals surface area contributed by atoms with Crippen molar-refractivity contribution in [2.45, 2.75) is 0 Å². The van der Waals surface area contributed by atoms with E-state index in [2.05, 4.69) is 10.3 Å². The summed E-state index contributed by atoms with van der Waals surface area (Å²) in [5, 5.41) is 5.42. The number of carbonyl (C=O) groups excluding carboxylic acids is 1. The van der Waals surface area contributed by atoms with Crippen LogP contribution in [-0.2, 0) is 10.0 Å². The Hall–Kier alpha value is -2.53. The van der Waals surface area contributed by atoms with Crippen molar-refractivity contribution in [2.75, 3.05) is 37.4 Å². The molecule has 1 fully saturated rings. The molecule has 2 aromatic heterocycles. The number of hydrogen-bond acceptors (Lipinski definition) is 7. The maximum absolute atomic E-state index is 12.6. The molecule has 0 saturated carbocycles. The van der Waals surface area contributed by atoms with E-state index < -0.39 is 15.8 Å². The van der Waals surface area contributed by atoms with Crippen molar-refractivity contribution >= 4 is 21.7 Å². The normalized spacial score (nSPS) is 16.3. The average Bonchev–Trinajstić information content (AvgIpc) is 2.96. The fourth-order valence-corrected chi connectivity index (χ4v) is 3.30. The van der Waals surface area contributed by atoms with Gasteiger partial charge in [0.05, 0.1) is 24.1 Å². The predicted molar refractivity (Wildman–Crippen MR) is 82.7 cm³/mol. The van der Waals surface area contributed by atoms with E-state index in [0.717, 1.165) is 6.26 Å². The van der Waals surface area contributed by atoms with Crippen LogP contribution >= 0.6 is 0 Å². The molecule has 0 aromatic carbocycles. The van der Waals surface area contributed by atoms with Crippen molar-refractivity contribution in [3.05, 3.63) is 41.5 Å². The molecule has 10 nitrogen and oxygen atoms in total. The van der Waals surface area contributed by atoms with Crippen molar-refractivity contribution < 1.29 is 22.5 Å². The molecular formula is C13H16N6O4S. The molecule has 0 amide bonds. The number of nitrogens with zero attached hydrogens (tertiary/aromatic N) is 5. The number of rotatable bonds is 4. The molecule has 0 radical (unpaired) electrons. The maximum atomic E-state index is 12.6. The zero-order valence-corrected chi connectivity index (χ0v) is 13.7. The lowest BCUT2D eigenvalue weighted by atomic mass is 10.1. The van der Waals surface area contributed by atoms with E-state index in [9.17, 15) is 13.2 Å². The molecule has 0 spiro atoms. The van der Waals surface area contributed by atoms with Crippen LogP contribution in [-0.4, -0.2) is 61.2 Å². The van der Waals surface area contributed by atoms with Crippen molar-refractivity contribution in [2.24, 2.45) is 0 Å². The summed E-state index contributed by atoms with van der Waals surface area (Å²) >= 11 is 0. The molecule has 0 aliphatic carbocycles. The lowest BCUT2D eigenvalue weighted by Crippen LogP contribution is -2.67. The number of piperazine rings is 1. The Morgan fingerprint density at radius 2 is 2.04 bits per heavy atom. The van der Waals surface area contributed by atoms with Crippen LogP contribution in [0.3, 0.4) is 0 Å². The third-order valence-corrected chi connectivity index (χ3v) is 5.02. The number of nitrogens with one attached hydrogen (secondary N) is 1. The lowest BCUT2D eigenvalue weighted by Gasteiger charge is -2.28. The molecule has 24 heavy (non-hydrogen) atoms. The predicted octanol–water partition coefficient (Wildman–Crippen LogP) is -0.515. The third-order valence-electron chi connectivity index (χ3n) is 3.72. The summed E-state index contributed by atoms with van der Waals surface area (Å²) in [6.07, 6.45) is 4.11. The monoisotopic (exact) mass is 352 g/mol. The van der Waals surface area contributed by atoms with Crippen LogP contribution in [0.2, 0.25) is 0 Å². The quantitative estimate of drug-likeness (QED) is 0.536. The van der Waals surface area contributed by atoms with Gasteiger partial charge in [0.1, 0.15) is 5.88 Å². The van der Waals surface area contributed by atoms with Gasteiger partial charge in [-0.05, 0) is 12.1 Å². The summed E-state index contributed by atoms with van der Waals surface area (Å²) in [5.41, 5.74) is 8.10. The van der Waals surface area contributed by atoms with Crippen LogP contribution in [0.15, 0.2) is 29.0 Å². The van der Waals surface area contributed by atoms with E-state index in [1.165, 1.54) is 15.3 Å². The number of hydrogen-bond donors (Lipinski definition) is 0. The molecule has 0 unspecified atom stereocenters. The summed E-state index contributed by atoms with van der Waals surface area (Å²) in [7, 11) is -3.25. The Balaban J connectivity index is 1.85. The van der Waals surface area contributed by atoms with Crippen molar-refractivity contribution in [3.63, 3.8) is 0 Å². The molecule has 3 rings (SSSR count). The van der Waals surface area contributed by atoms with E-state index in [1.54, 1.807) is 23.3 Å². The van der Waals surface area contributed by atoms with E-state index in [0.29, 0.717) is 18.7 Å². The van der Waals surface area contributed by atoms with Crippen LogP contribution in [0.4, 0.5) is 5.88 Å². The van der Waals surface area contributed by atoms with Gasteiger partial charge in [0.25, 0.3) is 5.78 Å². The Kier molecular flexibility index (Phi) is 4.20. The van der Waals surface area contributed by atoms with Gasteiger partial charge in [-0.25, -0.2) is 8.42 Å². The van der Waals surface area contributed by atoms with Crippen LogP contribution in [0, 0.1) is 0 Å². The number of pyridine rings is 1. The van der Waals surface area contributed by atoms with E-state index >= 15 is 0 Å². The molecule has 2 aromatic rings. The minimum atomic E-state index is -3.25. The zero-order chi connectivity index (χ0) is 17.3. The van der Waals surface area contributed by atoms with Gasteiger partial charge in [0, 0.05) is 31.0 Å². The standard InChI is InChI=1S/C13H16N6O4S/c1-24(21,22)18-7-5-17(6-8-18)19-11(13(14)23-16-19)12(20)10-3-2-4-15-9-10/h2-4,9H,5-8H2,1H3,(H-,14,16,20). The van der Waals surface area contributed by atoms with Gasteiger partial charge in [0.15, 0.2) is 0 Å². The molecule has 1 aliphatic rings. The minimum absolute atomic E-state index is 0.0178. The number of carbonyl (C=O) groups is 1. The number of sulfonamides is 1. The van der Waals surface area contributed by atoms with Crippen molar-refractivity contribution in [1.82, 2.24) is 14.6 Å². The van der Waals surface area contributed by atoms with Gasteiger partial charge < -0.3 is 10.3 Å². The Morgan fingerprint density at radius 1 is 1.33 bits per heavy atom. The Labute approximate surface area is 138 Å². The molecule has 1 N–H and O–H groups in total. The molecule has 0 bridgehead atoms. The summed E-state index contributed by atoms with van der Waals surface area (Å²) in [6.45, 7) is 1.20. The molecule has 3 heterocycles. The van der Waals surface area contributed by atoms with Crippen molar-refractivity contribution in [1.29, 1.82) is 0 Å². The van der Waals surface area contributed by atoms with E-state index in [4.69, 9.17) is 10.3 Å². The first-order valence-corrected chi connectivity index (χ1v) is 9.01. The van der Waals surface area contributed by atoms with Crippen molar-refractivity contribution in [3.8, 4) is 0 Å². The SMILES string of the molecule is CS(=O)(=O)N1CCN([n+]2noc([NH-])c2C(=O)c2cccnc2)CC1. The van der Waals surface area contributed by atoms with E-state index in [-0.39, 0.29) is 24.7 Å². The topological polar surface area (TPSA) is 124 Å². The zero-order valence-electron chi connectivity index (χ0n) is 12.9. The molecular weight excluding hydrogens is 336 g/mol. The number of aromatic nitrogens is 3. The fourth-order valence-electron chi connectivity index (χ4n) is 2.47. The first-order chi connectivity index (χ1) is 11.4. The van der Waals surface area contributed by atoms with Crippen LogP contribution < -0.4 is 9.80 Å². The molecule has 1 aliphatic heterocycles. The molecule has 0 atom stereocenters. The fraction of sp³-hybridized carbons (Fsp3) is 0.385. The van der Waals surface area contributed by atoms with Gasteiger partial charge >= 0.3 is 5.69 Å². The second-order valence-electron chi connectivity index (χ2n) is 5.33. The Morgan fingerprint density at radius 3 is 2.62 bits per heavy atom. The first kappa shape index (κ1) is 16.3. The van der Waals surface area contributed by atoms with Gasteiger partial charge in [-0.3, -0.25) is 9.78 Å². The largest absolute Gasteiger partial charge is 0.659 e. The van der Waals surface area contributed by atoms with Gasteiger partial charge in [-0.15, -0.1) is 0 Å². The maximum Gasteiger partial charge on any atom is 0.339 e. The smallest absolute Gasteiger partial charge is 0.339 e. The second-order valence-corrected chi connectivity index (χ2v) is 7.31. The minimum Gasteiger partial charge on any atom is -0.659 e. The van der Waals surface area contributed by atoms with Crippen LogP contribution in [0.25, 0.3) is 5.73 Å². The molecule has 11 heteroatoms. The number of ketones is 1. The third kappa shape index (κ3) is 3.08. The highest BCUT2D eigenvalue weighted by molar-refractivity contribution is 7.88. The lowest BCUT2D eigenvalue weighted by molar-refractivity contribution is -0.760. The highest BCUT2D eigenvalue weighted by Crippen LogP contribution is 2.17. The summed E-state index contributed by atoms with van der Waals surface area (Å²) in [5.74, 6) is -0.783. The average molecular weight is 352 g/mol. The van der Waals surface area contributed by atoms with Crippen LogP contribution in [0.1, 0.15) is 16.1 Å². The van der Waals surface area contributed by atoms with E-state index in [1.807, 2.05) is 0 Å². The highest BCUT2D eigenvalue weighted by Gasteiger charge is 2.36. The summed E-state index contributed by atoms with van der Waals surface area (Å²) in [4.78, 5) is 17.7. The molecule has 1 saturated heterocycles. The second kappa shape index (κ2) is 6.17. The first-order valence-electron chi connectivity index (χ1n) is 7.16.